The first-order valence-corrected chi connectivity index (χ1v) is 11.5. The van der Waals surface area contributed by atoms with Gasteiger partial charge in [0, 0.05) is 11.6 Å². The lowest BCUT2D eigenvalue weighted by Crippen LogP contribution is -2.25. The molecule has 3 aromatic rings. The largest absolute Gasteiger partial charge is 0.497 e. The number of carbonyl (C=O) groups is 1. The number of hydrogen-bond acceptors (Lipinski definition) is 3. The highest BCUT2D eigenvalue weighted by molar-refractivity contribution is 5.76. The molecule has 6 heteroatoms. The highest BCUT2D eigenvalue weighted by atomic mass is 19.2. The molecule has 0 amide bonds. The first kappa shape index (κ1) is 23.9. The van der Waals surface area contributed by atoms with Crippen molar-refractivity contribution in [3.63, 3.8) is 0 Å². The third-order valence-corrected chi connectivity index (χ3v) is 6.64. The Morgan fingerprint density at radius 1 is 0.912 bits per heavy atom. The van der Waals surface area contributed by atoms with E-state index >= 15 is 0 Å². The van der Waals surface area contributed by atoms with Crippen LogP contribution in [0.1, 0.15) is 49.7 Å². The molecule has 1 fully saturated rings. The number of rotatable bonds is 6. The fourth-order valence-corrected chi connectivity index (χ4v) is 4.55. The van der Waals surface area contributed by atoms with E-state index in [-0.39, 0.29) is 17.3 Å². The van der Waals surface area contributed by atoms with Gasteiger partial charge in [-0.05, 0) is 72.9 Å². The van der Waals surface area contributed by atoms with Crippen molar-refractivity contribution in [1.29, 1.82) is 0 Å². The number of halogens is 3. The van der Waals surface area contributed by atoms with Gasteiger partial charge in [0.25, 0.3) is 0 Å². The zero-order valence-corrected chi connectivity index (χ0v) is 19.2. The molecule has 0 aromatic heterocycles. The quantitative estimate of drug-likeness (QED) is 0.283. The lowest BCUT2D eigenvalue weighted by Gasteiger charge is -2.27. The molecular weight excluding hydrogens is 441 g/mol. The molecule has 0 aliphatic heterocycles. The van der Waals surface area contributed by atoms with E-state index in [4.69, 9.17) is 9.47 Å². The van der Waals surface area contributed by atoms with E-state index in [1.165, 1.54) is 25.3 Å². The van der Waals surface area contributed by atoms with E-state index in [9.17, 15) is 18.0 Å². The van der Waals surface area contributed by atoms with Gasteiger partial charge in [0.05, 0.1) is 13.0 Å². The molecular formula is C28H27F3O3. The average molecular weight is 469 g/mol. The Morgan fingerprint density at radius 3 is 2.24 bits per heavy atom. The molecule has 3 nitrogen and oxygen atoms in total. The van der Waals surface area contributed by atoms with Crippen LogP contribution in [0, 0.1) is 23.4 Å². The monoisotopic (exact) mass is 468 g/mol. The van der Waals surface area contributed by atoms with Gasteiger partial charge < -0.3 is 9.47 Å². The fraction of sp³-hybridized carbons (Fsp3) is 0.321. The van der Waals surface area contributed by atoms with Crippen LogP contribution < -0.4 is 9.47 Å². The molecule has 1 saturated carbocycles. The van der Waals surface area contributed by atoms with E-state index in [0.717, 1.165) is 12.0 Å². The lowest BCUT2D eigenvalue weighted by molar-refractivity contribution is -0.140. The molecule has 4 rings (SSSR count). The number of carbonyl (C=O) groups excluding carboxylic acids is 1. The van der Waals surface area contributed by atoms with Crippen molar-refractivity contribution >= 4 is 5.97 Å². The molecule has 0 heterocycles. The van der Waals surface area contributed by atoms with Gasteiger partial charge in [-0.2, -0.15) is 4.39 Å². The first-order valence-electron chi connectivity index (χ1n) is 11.5. The Kier molecular flexibility index (Phi) is 7.25. The summed E-state index contributed by atoms with van der Waals surface area (Å²) in [5.41, 5.74) is 2.36. The van der Waals surface area contributed by atoms with Crippen LogP contribution in [-0.2, 0) is 11.2 Å². The van der Waals surface area contributed by atoms with Crippen molar-refractivity contribution in [2.24, 2.45) is 5.92 Å². The number of hydrogen-bond donors (Lipinski definition) is 0. The minimum atomic E-state index is -1.18. The number of esters is 1. The second-order valence-electron chi connectivity index (χ2n) is 8.65. The van der Waals surface area contributed by atoms with E-state index in [0.29, 0.717) is 42.6 Å². The van der Waals surface area contributed by atoms with E-state index in [1.807, 2.05) is 19.1 Å². The second-order valence-corrected chi connectivity index (χ2v) is 8.65. The van der Waals surface area contributed by atoms with Crippen molar-refractivity contribution in [2.45, 2.75) is 44.9 Å². The topological polar surface area (TPSA) is 35.5 Å². The molecule has 3 aromatic carbocycles. The molecule has 1 aliphatic rings. The Morgan fingerprint density at radius 2 is 1.62 bits per heavy atom. The summed E-state index contributed by atoms with van der Waals surface area (Å²) < 4.78 is 54.1. The van der Waals surface area contributed by atoms with Gasteiger partial charge in [0.15, 0.2) is 11.6 Å². The molecule has 0 radical (unpaired) electrons. The van der Waals surface area contributed by atoms with E-state index in [1.54, 1.807) is 24.3 Å². The molecule has 178 valence electrons. The van der Waals surface area contributed by atoms with Gasteiger partial charge in [-0.3, -0.25) is 4.79 Å². The zero-order chi connectivity index (χ0) is 24.2. The van der Waals surface area contributed by atoms with Crippen molar-refractivity contribution in [3.8, 4) is 22.6 Å². The molecule has 34 heavy (non-hydrogen) atoms. The zero-order valence-electron chi connectivity index (χ0n) is 19.2. The van der Waals surface area contributed by atoms with Gasteiger partial charge in [-0.25, -0.2) is 8.78 Å². The third kappa shape index (κ3) is 4.96. The standard InChI is InChI=1S/C28H27F3O3/c1-3-17-4-6-19(7-5-17)23-14-15-25(27(31)26(23)30)34-28(32)20-10-8-18(9-11-20)22-13-12-21(33-2)16-24(22)29/h4-7,12-16,18,20H,3,8-11H2,1-2H3. The van der Waals surface area contributed by atoms with Gasteiger partial charge in [-0.15, -0.1) is 0 Å². The highest BCUT2D eigenvalue weighted by Crippen LogP contribution is 2.38. The smallest absolute Gasteiger partial charge is 0.314 e. The van der Waals surface area contributed by atoms with Crippen LogP contribution in [0.25, 0.3) is 11.1 Å². The lowest BCUT2D eigenvalue weighted by atomic mass is 9.78. The average Bonchev–Trinajstić information content (AvgIpc) is 2.87. The maximum atomic E-state index is 14.7. The van der Waals surface area contributed by atoms with Crippen LogP contribution in [0.4, 0.5) is 13.2 Å². The molecule has 0 bridgehead atoms. The second kappa shape index (κ2) is 10.3. The SMILES string of the molecule is CCc1ccc(-c2ccc(OC(=O)C3CCC(c4ccc(OC)cc4F)CC3)c(F)c2F)cc1. The van der Waals surface area contributed by atoms with Crippen molar-refractivity contribution < 1.29 is 27.4 Å². The van der Waals surface area contributed by atoms with Crippen LogP contribution >= 0.6 is 0 Å². The number of benzene rings is 3. The minimum absolute atomic E-state index is 0.0116. The molecule has 0 unspecified atom stereocenters. The molecule has 0 N–H and O–H groups in total. The van der Waals surface area contributed by atoms with E-state index in [2.05, 4.69) is 0 Å². The van der Waals surface area contributed by atoms with Crippen molar-refractivity contribution in [1.82, 2.24) is 0 Å². The maximum Gasteiger partial charge on any atom is 0.314 e. The summed E-state index contributed by atoms with van der Waals surface area (Å²) in [6.45, 7) is 2.02. The fourth-order valence-electron chi connectivity index (χ4n) is 4.55. The number of aryl methyl sites for hydroxylation is 1. The maximum absolute atomic E-state index is 14.7. The minimum Gasteiger partial charge on any atom is -0.497 e. The van der Waals surface area contributed by atoms with E-state index < -0.39 is 29.3 Å². The Labute approximate surface area is 197 Å². The summed E-state index contributed by atoms with van der Waals surface area (Å²) in [5.74, 6) is -3.56. The van der Waals surface area contributed by atoms with Gasteiger partial charge in [0.1, 0.15) is 11.6 Å². The number of ether oxygens (including phenoxy) is 2. The Balaban J connectivity index is 1.41. The van der Waals surface area contributed by atoms with Crippen molar-refractivity contribution in [2.75, 3.05) is 7.11 Å². The normalized spacial score (nSPS) is 17.9. The van der Waals surface area contributed by atoms with Gasteiger partial charge in [0.2, 0.25) is 5.82 Å². The summed E-state index contributed by atoms with van der Waals surface area (Å²) in [4.78, 5) is 12.6. The summed E-state index contributed by atoms with van der Waals surface area (Å²) in [6.07, 6.45) is 3.03. The highest BCUT2D eigenvalue weighted by Gasteiger charge is 2.30. The Bertz CT molecular complexity index is 1170. The van der Waals surface area contributed by atoms with Crippen LogP contribution in [0.15, 0.2) is 54.6 Å². The molecule has 1 aliphatic carbocycles. The number of methoxy groups -OCH3 is 1. The third-order valence-electron chi connectivity index (χ3n) is 6.64. The summed E-state index contributed by atoms with van der Waals surface area (Å²) in [6, 6.07) is 14.7. The molecule has 0 saturated heterocycles. The van der Waals surface area contributed by atoms with Crippen molar-refractivity contribution in [3.05, 3.63) is 83.2 Å². The molecule has 0 atom stereocenters. The van der Waals surface area contributed by atoms with Crippen LogP contribution in [0.3, 0.4) is 0 Å². The first-order chi connectivity index (χ1) is 16.4. The summed E-state index contributed by atoms with van der Waals surface area (Å²) in [7, 11) is 1.48. The Hall–Kier alpha value is -3.28. The van der Waals surface area contributed by atoms with Crippen LogP contribution in [0.2, 0.25) is 0 Å². The van der Waals surface area contributed by atoms with Gasteiger partial charge in [-0.1, -0.05) is 37.3 Å². The summed E-state index contributed by atoms with van der Waals surface area (Å²) in [5, 5.41) is 0. The predicted octanol–water partition coefficient (Wildman–Crippen LogP) is 7.22. The predicted molar refractivity (Wildman–Crippen MR) is 124 cm³/mol. The van der Waals surface area contributed by atoms with Gasteiger partial charge >= 0.3 is 5.97 Å². The van der Waals surface area contributed by atoms with Crippen LogP contribution in [-0.4, -0.2) is 13.1 Å². The molecule has 0 spiro atoms. The summed E-state index contributed by atoms with van der Waals surface area (Å²) >= 11 is 0. The van der Waals surface area contributed by atoms with Crippen LogP contribution in [0.5, 0.6) is 11.5 Å².